The number of thioether (sulfide) groups is 2. The SMILES string of the molecule is C=C(C)CN1C(=O)C(C)SC1=NNP1(=O)OC(OC2CNCS2)CN1C. The molecule has 3 rings (SSSR count). The maximum atomic E-state index is 13.0. The molecule has 1 amide bonds. The number of hydrazone groups is 1. The van der Waals surface area contributed by atoms with Crippen LogP contribution in [0.4, 0.5) is 0 Å². The van der Waals surface area contributed by atoms with Crippen molar-refractivity contribution < 1.29 is 18.6 Å². The van der Waals surface area contributed by atoms with E-state index < -0.39 is 14.0 Å². The van der Waals surface area contributed by atoms with Gasteiger partial charge in [0.2, 0.25) is 5.91 Å². The molecule has 0 radical (unpaired) electrons. The molecule has 0 spiro atoms. The van der Waals surface area contributed by atoms with Crippen molar-refractivity contribution in [3.8, 4) is 0 Å². The van der Waals surface area contributed by atoms with Gasteiger partial charge in [-0.25, -0.2) is 14.4 Å². The number of nitrogens with one attached hydrogen (secondary N) is 2. The van der Waals surface area contributed by atoms with Crippen LogP contribution in [0.15, 0.2) is 17.3 Å². The van der Waals surface area contributed by atoms with Crippen molar-refractivity contribution in [2.45, 2.75) is 30.8 Å². The first-order valence-electron chi connectivity index (χ1n) is 8.24. The second kappa shape index (κ2) is 8.22. The Labute approximate surface area is 161 Å². The molecule has 26 heavy (non-hydrogen) atoms. The number of carbonyl (C=O) groups excluding carboxylic acids is 1. The van der Waals surface area contributed by atoms with Gasteiger partial charge >= 0.3 is 7.67 Å². The van der Waals surface area contributed by atoms with E-state index in [2.05, 4.69) is 22.2 Å². The summed E-state index contributed by atoms with van der Waals surface area (Å²) in [5.74, 6) is 0.795. The first kappa shape index (κ1) is 20.2. The molecule has 9 nitrogen and oxygen atoms in total. The van der Waals surface area contributed by atoms with Gasteiger partial charge < -0.3 is 10.1 Å². The Morgan fingerprint density at radius 1 is 1.62 bits per heavy atom. The fraction of sp³-hybridized carbons (Fsp3) is 0.714. The number of nitrogens with zero attached hydrogens (tertiary/aromatic N) is 3. The third kappa shape index (κ3) is 4.46. The Balaban J connectivity index is 1.64. The molecule has 0 bridgehead atoms. The van der Waals surface area contributed by atoms with Crippen LogP contribution in [0.3, 0.4) is 0 Å². The smallest absolute Gasteiger partial charge is 0.335 e. The van der Waals surface area contributed by atoms with Gasteiger partial charge in [-0.15, -0.1) is 16.9 Å². The van der Waals surface area contributed by atoms with Crippen molar-refractivity contribution in [3.63, 3.8) is 0 Å². The highest BCUT2D eigenvalue weighted by Crippen LogP contribution is 2.52. The maximum Gasteiger partial charge on any atom is 0.386 e. The van der Waals surface area contributed by atoms with Crippen LogP contribution >= 0.6 is 31.2 Å². The summed E-state index contributed by atoms with van der Waals surface area (Å²) in [6.07, 6.45) is -0.584. The van der Waals surface area contributed by atoms with E-state index in [1.165, 1.54) is 11.8 Å². The molecule has 0 aromatic heterocycles. The predicted molar refractivity (Wildman–Crippen MR) is 105 cm³/mol. The molecule has 4 atom stereocenters. The summed E-state index contributed by atoms with van der Waals surface area (Å²) in [6.45, 7) is 9.01. The van der Waals surface area contributed by atoms with Crippen molar-refractivity contribution in [2.24, 2.45) is 5.10 Å². The van der Waals surface area contributed by atoms with Crippen molar-refractivity contribution in [1.29, 1.82) is 0 Å². The molecule has 146 valence electrons. The van der Waals surface area contributed by atoms with Gasteiger partial charge in [0.15, 0.2) is 11.5 Å². The van der Waals surface area contributed by atoms with Gasteiger partial charge in [0.1, 0.15) is 5.44 Å². The van der Waals surface area contributed by atoms with E-state index in [0.717, 1.165) is 18.0 Å². The average Bonchev–Trinajstić information content (AvgIpc) is 3.23. The van der Waals surface area contributed by atoms with Crippen molar-refractivity contribution in [3.05, 3.63) is 12.2 Å². The van der Waals surface area contributed by atoms with Crippen molar-refractivity contribution >= 4 is 42.3 Å². The Kier molecular flexibility index (Phi) is 6.38. The molecule has 3 saturated heterocycles. The lowest BCUT2D eigenvalue weighted by molar-refractivity contribution is -0.125. The lowest BCUT2D eigenvalue weighted by Crippen LogP contribution is -2.33. The van der Waals surface area contributed by atoms with E-state index >= 15 is 0 Å². The molecule has 12 heteroatoms. The number of hydrogen-bond acceptors (Lipinski definition) is 8. The summed E-state index contributed by atoms with van der Waals surface area (Å²) < 4.78 is 26.0. The first-order valence-corrected chi connectivity index (χ1v) is 11.7. The standard InChI is InChI=1S/C14H24N5O4PS2/c1-9(2)6-19-13(20)10(3)26-14(19)16-17-24(21)18(4)7-11(23-24)22-12-5-15-8-25-12/h10-12,15H,1,5-8H2,2-4H3,(H,17,21). The minimum atomic E-state index is -3.36. The number of amidine groups is 1. The Morgan fingerprint density at radius 2 is 2.38 bits per heavy atom. The molecule has 4 unspecified atom stereocenters. The van der Waals surface area contributed by atoms with Crippen LogP contribution in [-0.4, -0.2) is 70.2 Å². The zero-order chi connectivity index (χ0) is 18.9. The molecule has 0 saturated carbocycles. The van der Waals surface area contributed by atoms with Crippen LogP contribution in [0.5, 0.6) is 0 Å². The Hall–Kier alpha value is -0.550. The molecule has 3 heterocycles. The van der Waals surface area contributed by atoms with Crippen LogP contribution in [0, 0.1) is 0 Å². The summed E-state index contributed by atoms with van der Waals surface area (Å²) in [7, 11) is -1.67. The molecular weight excluding hydrogens is 397 g/mol. The maximum absolute atomic E-state index is 13.0. The van der Waals surface area contributed by atoms with Gasteiger partial charge in [0, 0.05) is 19.0 Å². The largest absolute Gasteiger partial charge is 0.386 e. The van der Waals surface area contributed by atoms with E-state index in [9.17, 15) is 9.36 Å². The Morgan fingerprint density at radius 3 is 3.04 bits per heavy atom. The highest BCUT2D eigenvalue weighted by atomic mass is 32.2. The fourth-order valence-corrected chi connectivity index (χ4v) is 5.82. The predicted octanol–water partition coefficient (Wildman–Crippen LogP) is 1.42. The number of hydrogen-bond donors (Lipinski definition) is 2. The van der Waals surface area contributed by atoms with Crippen LogP contribution < -0.4 is 10.5 Å². The van der Waals surface area contributed by atoms with Gasteiger partial charge in [0.05, 0.1) is 11.8 Å². The molecule has 3 aliphatic heterocycles. The summed E-state index contributed by atoms with van der Waals surface area (Å²) in [4.78, 5) is 13.8. The summed E-state index contributed by atoms with van der Waals surface area (Å²) >= 11 is 2.96. The summed E-state index contributed by atoms with van der Waals surface area (Å²) in [6, 6.07) is 0. The van der Waals surface area contributed by atoms with Crippen LogP contribution in [0.25, 0.3) is 0 Å². The average molecular weight is 421 g/mol. The third-order valence-electron chi connectivity index (χ3n) is 3.94. The second-order valence-corrected chi connectivity index (χ2v) is 11.0. The lowest BCUT2D eigenvalue weighted by Gasteiger charge is -2.19. The second-order valence-electron chi connectivity index (χ2n) is 6.36. The van der Waals surface area contributed by atoms with Gasteiger partial charge in [-0.2, -0.15) is 0 Å². The van der Waals surface area contributed by atoms with Crippen molar-refractivity contribution in [1.82, 2.24) is 20.1 Å². The van der Waals surface area contributed by atoms with E-state index in [-0.39, 0.29) is 16.6 Å². The van der Waals surface area contributed by atoms with E-state index in [1.807, 2.05) is 13.8 Å². The number of likely N-dealkylation sites (N-methyl/N-ethyl adjacent to an activating group) is 1. The molecular formula is C14H24N5O4PS2. The summed E-state index contributed by atoms with van der Waals surface area (Å²) in [5.41, 5.74) is 0.832. The van der Waals surface area contributed by atoms with Crippen molar-refractivity contribution in [2.75, 3.05) is 32.6 Å². The monoisotopic (exact) mass is 421 g/mol. The quantitative estimate of drug-likeness (QED) is 0.375. The molecule has 0 aromatic rings. The van der Waals surface area contributed by atoms with Crippen LogP contribution in [-0.2, 0) is 18.6 Å². The number of ether oxygens (including phenoxy) is 1. The molecule has 3 aliphatic rings. The van der Waals surface area contributed by atoms with Gasteiger partial charge in [-0.05, 0) is 20.9 Å². The minimum absolute atomic E-state index is 0.0128. The molecule has 2 N–H and O–H groups in total. The normalized spacial score (nSPS) is 37.0. The summed E-state index contributed by atoms with van der Waals surface area (Å²) in [5, 5.41) is 10.3. The highest BCUT2D eigenvalue weighted by Gasteiger charge is 2.44. The molecule has 3 fully saturated rings. The first-order chi connectivity index (χ1) is 12.3. The van der Waals surface area contributed by atoms with Gasteiger partial charge in [-0.3, -0.25) is 14.2 Å². The Bertz CT molecular complexity index is 657. The number of amides is 1. The highest BCUT2D eigenvalue weighted by molar-refractivity contribution is 8.15. The van der Waals surface area contributed by atoms with Gasteiger partial charge in [-0.1, -0.05) is 23.9 Å². The van der Waals surface area contributed by atoms with Crippen LogP contribution in [0.2, 0.25) is 0 Å². The van der Waals surface area contributed by atoms with Crippen LogP contribution in [0.1, 0.15) is 13.8 Å². The minimum Gasteiger partial charge on any atom is -0.335 e. The zero-order valence-corrected chi connectivity index (χ0v) is 17.5. The molecule has 0 aliphatic carbocycles. The van der Waals surface area contributed by atoms with E-state index in [1.54, 1.807) is 28.4 Å². The third-order valence-corrected chi connectivity index (χ3v) is 7.97. The van der Waals surface area contributed by atoms with Gasteiger partial charge in [0.25, 0.3) is 0 Å². The number of carbonyl (C=O) groups is 1. The van der Waals surface area contributed by atoms with E-state index in [0.29, 0.717) is 18.3 Å². The number of rotatable bonds is 6. The van der Waals surface area contributed by atoms with E-state index in [4.69, 9.17) is 9.26 Å². The fourth-order valence-electron chi connectivity index (χ4n) is 2.60. The topological polar surface area (TPSA) is 95.5 Å². The zero-order valence-electron chi connectivity index (χ0n) is 15.0. The lowest BCUT2D eigenvalue weighted by atomic mass is 10.3. The molecule has 0 aromatic carbocycles.